The van der Waals surface area contributed by atoms with Crippen LogP contribution in [0.3, 0.4) is 0 Å². The van der Waals surface area contributed by atoms with Crippen LogP contribution >= 0.6 is 24.0 Å². The quantitative estimate of drug-likeness (QED) is 0.376. The molecule has 148 valence electrons. The number of ether oxygens (including phenoxy) is 1. The fourth-order valence-electron chi connectivity index (χ4n) is 2.96. The fourth-order valence-corrected chi connectivity index (χ4v) is 2.96. The van der Waals surface area contributed by atoms with Gasteiger partial charge in [0.05, 0.1) is 12.1 Å². The molecule has 4 nitrogen and oxygen atoms in total. The number of nitrogens with one attached hydrogen (secondary N) is 1. The molecule has 1 aromatic carbocycles. The molecule has 1 saturated heterocycles. The van der Waals surface area contributed by atoms with Crippen molar-refractivity contribution in [3.63, 3.8) is 0 Å². The van der Waals surface area contributed by atoms with Gasteiger partial charge in [-0.15, -0.1) is 24.0 Å². The lowest BCUT2D eigenvalue weighted by molar-refractivity contribution is -0.137. The number of guanidine groups is 1. The number of benzene rings is 1. The number of rotatable bonds is 5. The molecule has 0 saturated carbocycles. The van der Waals surface area contributed by atoms with Gasteiger partial charge < -0.3 is 15.8 Å². The second-order valence-corrected chi connectivity index (χ2v) is 6.63. The van der Waals surface area contributed by atoms with E-state index in [0.717, 1.165) is 12.5 Å². The molecular formula is C18H27F3IN3O. The molecule has 0 aliphatic carbocycles. The van der Waals surface area contributed by atoms with E-state index < -0.39 is 17.2 Å². The third-order valence-electron chi connectivity index (χ3n) is 4.81. The Morgan fingerprint density at radius 3 is 2.58 bits per heavy atom. The summed E-state index contributed by atoms with van der Waals surface area (Å²) in [5.74, 6) is 0.326. The second kappa shape index (κ2) is 9.77. The predicted molar refractivity (Wildman–Crippen MR) is 108 cm³/mol. The molecule has 0 amide bonds. The second-order valence-electron chi connectivity index (χ2n) is 6.63. The summed E-state index contributed by atoms with van der Waals surface area (Å²) in [6, 6.07) is 5.73. The molecule has 1 aliphatic rings. The van der Waals surface area contributed by atoms with E-state index in [9.17, 15) is 13.2 Å². The lowest BCUT2D eigenvalue weighted by Gasteiger charge is -2.37. The van der Waals surface area contributed by atoms with Crippen molar-refractivity contribution in [2.45, 2.75) is 50.7 Å². The van der Waals surface area contributed by atoms with Crippen LogP contribution in [0.15, 0.2) is 29.3 Å². The fraction of sp³-hybridized carbons (Fsp3) is 0.611. The van der Waals surface area contributed by atoms with Crippen LogP contribution < -0.4 is 11.1 Å². The minimum Gasteiger partial charge on any atom is -0.381 e. The van der Waals surface area contributed by atoms with Gasteiger partial charge >= 0.3 is 6.18 Å². The van der Waals surface area contributed by atoms with Crippen LogP contribution in [0.5, 0.6) is 0 Å². The number of hydrogen-bond donors (Lipinski definition) is 2. The average molecular weight is 485 g/mol. The maximum atomic E-state index is 13.1. The summed E-state index contributed by atoms with van der Waals surface area (Å²) in [7, 11) is 0. The Bertz CT molecular complexity index is 602. The first kappa shape index (κ1) is 23.0. The summed E-state index contributed by atoms with van der Waals surface area (Å²) in [6.07, 6.45) is -2.21. The van der Waals surface area contributed by atoms with Crippen molar-refractivity contribution in [2.75, 3.05) is 19.8 Å². The molecular weight excluding hydrogens is 458 g/mol. The van der Waals surface area contributed by atoms with E-state index in [2.05, 4.69) is 10.3 Å². The van der Waals surface area contributed by atoms with E-state index in [4.69, 9.17) is 10.5 Å². The van der Waals surface area contributed by atoms with Gasteiger partial charge in [-0.3, -0.25) is 4.99 Å². The molecule has 2 rings (SSSR count). The lowest BCUT2D eigenvalue weighted by atomic mass is 9.74. The van der Waals surface area contributed by atoms with Gasteiger partial charge in [-0.2, -0.15) is 13.2 Å². The molecule has 1 heterocycles. The van der Waals surface area contributed by atoms with Gasteiger partial charge in [-0.25, -0.2) is 0 Å². The first-order valence-electron chi connectivity index (χ1n) is 8.59. The standard InChI is InChI=1S/C18H26F3N3O.HI/c1-3-13(2)24-16(22)23-12-17(7-9-25-10-8-17)14-5-4-6-15(11-14)18(19,20)21;/h4-6,11,13H,3,7-10,12H2,1-2H3,(H3,22,23,24);1H. The number of alkyl halides is 3. The Morgan fingerprint density at radius 1 is 1.35 bits per heavy atom. The van der Waals surface area contributed by atoms with Gasteiger partial charge in [0.2, 0.25) is 0 Å². The zero-order valence-corrected chi connectivity index (χ0v) is 17.4. The van der Waals surface area contributed by atoms with Gasteiger partial charge in [-0.1, -0.05) is 25.1 Å². The third-order valence-corrected chi connectivity index (χ3v) is 4.81. The van der Waals surface area contributed by atoms with Crippen molar-refractivity contribution in [1.82, 2.24) is 5.32 Å². The van der Waals surface area contributed by atoms with Crippen LogP contribution in [0.4, 0.5) is 13.2 Å². The van der Waals surface area contributed by atoms with Crippen LogP contribution in [0.1, 0.15) is 44.2 Å². The number of hydrogen-bond acceptors (Lipinski definition) is 2. The zero-order chi connectivity index (χ0) is 18.5. The molecule has 8 heteroatoms. The Labute approximate surface area is 169 Å². The smallest absolute Gasteiger partial charge is 0.381 e. The molecule has 3 N–H and O–H groups in total. The molecule has 0 radical (unpaired) electrons. The topological polar surface area (TPSA) is 59.6 Å². The Balaban J connectivity index is 0.00000338. The Morgan fingerprint density at radius 2 is 2.00 bits per heavy atom. The van der Waals surface area contributed by atoms with E-state index in [1.807, 2.05) is 13.8 Å². The van der Waals surface area contributed by atoms with Crippen LogP contribution in [-0.2, 0) is 16.3 Å². The normalized spacial score (nSPS) is 18.7. The van der Waals surface area contributed by atoms with Crippen molar-refractivity contribution in [2.24, 2.45) is 10.7 Å². The minimum absolute atomic E-state index is 0. The van der Waals surface area contributed by atoms with Crippen molar-refractivity contribution in [3.8, 4) is 0 Å². The highest BCUT2D eigenvalue weighted by atomic mass is 127. The highest BCUT2D eigenvalue weighted by molar-refractivity contribution is 14.0. The zero-order valence-electron chi connectivity index (χ0n) is 15.1. The summed E-state index contributed by atoms with van der Waals surface area (Å²) in [4.78, 5) is 4.42. The lowest BCUT2D eigenvalue weighted by Crippen LogP contribution is -2.41. The van der Waals surface area contributed by atoms with E-state index >= 15 is 0 Å². The Kier molecular flexibility index (Phi) is 8.65. The number of nitrogens with two attached hydrogens (primary N) is 1. The van der Waals surface area contributed by atoms with Crippen molar-refractivity contribution >= 4 is 29.9 Å². The SMILES string of the molecule is CCC(C)NC(N)=NCC1(c2cccc(C(F)(F)F)c2)CCOCC1.I. The predicted octanol–water partition coefficient (Wildman–Crippen LogP) is 4.07. The van der Waals surface area contributed by atoms with Crippen LogP contribution in [-0.4, -0.2) is 31.8 Å². The highest BCUT2D eigenvalue weighted by Gasteiger charge is 2.37. The summed E-state index contributed by atoms with van der Waals surface area (Å²) in [5, 5.41) is 3.09. The number of halogens is 4. The van der Waals surface area contributed by atoms with Gasteiger partial charge in [-0.05, 0) is 37.8 Å². The van der Waals surface area contributed by atoms with E-state index in [1.165, 1.54) is 12.1 Å². The monoisotopic (exact) mass is 485 g/mol. The van der Waals surface area contributed by atoms with Crippen LogP contribution in [0.25, 0.3) is 0 Å². The van der Waals surface area contributed by atoms with E-state index in [0.29, 0.717) is 44.1 Å². The summed E-state index contributed by atoms with van der Waals surface area (Å²) in [6.45, 7) is 5.38. The summed E-state index contributed by atoms with van der Waals surface area (Å²) < 4.78 is 44.6. The molecule has 0 spiro atoms. The van der Waals surface area contributed by atoms with Crippen molar-refractivity contribution in [3.05, 3.63) is 35.4 Å². The van der Waals surface area contributed by atoms with Crippen LogP contribution in [0, 0.1) is 0 Å². The summed E-state index contributed by atoms with van der Waals surface area (Å²) in [5.41, 5.74) is 5.46. The molecule has 0 bridgehead atoms. The molecule has 1 aliphatic heterocycles. The molecule has 1 aromatic rings. The first-order valence-corrected chi connectivity index (χ1v) is 8.59. The number of aliphatic imine (C=N–C) groups is 1. The highest BCUT2D eigenvalue weighted by Crippen LogP contribution is 2.38. The number of nitrogens with zero attached hydrogens (tertiary/aromatic N) is 1. The minimum atomic E-state index is -4.36. The van der Waals surface area contributed by atoms with Gasteiger partial charge in [0, 0.05) is 24.7 Å². The van der Waals surface area contributed by atoms with E-state index in [1.54, 1.807) is 6.07 Å². The molecule has 1 fully saturated rings. The maximum Gasteiger partial charge on any atom is 0.416 e. The third kappa shape index (κ3) is 6.00. The maximum absolute atomic E-state index is 13.1. The molecule has 0 aromatic heterocycles. The van der Waals surface area contributed by atoms with E-state index in [-0.39, 0.29) is 30.0 Å². The average Bonchev–Trinajstić information content (AvgIpc) is 2.60. The van der Waals surface area contributed by atoms with Crippen molar-refractivity contribution in [1.29, 1.82) is 0 Å². The molecule has 1 atom stereocenters. The molecule has 1 unspecified atom stereocenters. The largest absolute Gasteiger partial charge is 0.416 e. The van der Waals surface area contributed by atoms with Gasteiger partial charge in [0.25, 0.3) is 0 Å². The van der Waals surface area contributed by atoms with Gasteiger partial charge in [0.1, 0.15) is 0 Å². The Hall–Kier alpha value is -1.03. The van der Waals surface area contributed by atoms with Gasteiger partial charge in [0.15, 0.2) is 5.96 Å². The van der Waals surface area contributed by atoms with Crippen molar-refractivity contribution < 1.29 is 17.9 Å². The molecule has 26 heavy (non-hydrogen) atoms. The van der Waals surface area contributed by atoms with Crippen LogP contribution in [0.2, 0.25) is 0 Å². The summed E-state index contributed by atoms with van der Waals surface area (Å²) >= 11 is 0. The first-order chi connectivity index (χ1) is 11.8.